The number of anilines is 1. The molecule has 0 bridgehead atoms. The zero-order chi connectivity index (χ0) is 13.0. The summed E-state index contributed by atoms with van der Waals surface area (Å²) in [5.41, 5.74) is 1.02. The molecule has 4 nitrogen and oxygen atoms in total. The molecule has 0 aliphatic carbocycles. The second kappa shape index (κ2) is 6.02. The Morgan fingerprint density at radius 3 is 2.94 bits per heavy atom. The molecule has 2 aromatic rings. The van der Waals surface area contributed by atoms with E-state index in [-0.39, 0.29) is 0 Å². The Balaban J connectivity index is 2.07. The minimum atomic E-state index is 0.693. The lowest BCUT2D eigenvalue weighted by Gasteiger charge is -2.08. The van der Waals surface area contributed by atoms with Crippen LogP contribution < -0.4 is 10.1 Å². The van der Waals surface area contributed by atoms with Gasteiger partial charge in [-0.2, -0.15) is 0 Å². The third-order valence-electron chi connectivity index (χ3n) is 2.51. The molecule has 0 aliphatic heterocycles. The van der Waals surface area contributed by atoms with Crippen LogP contribution in [0.5, 0.6) is 5.75 Å². The molecule has 2 rings (SSSR count). The summed E-state index contributed by atoms with van der Waals surface area (Å²) in [4.78, 5) is 6.69. The molecule has 1 heterocycles. The van der Waals surface area contributed by atoms with Gasteiger partial charge in [0.25, 0.3) is 0 Å². The number of thiazole rings is 1. The lowest BCUT2D eigenvalue weighted by atomic mass is 10.3. The zero-order valence-corrected chi connectivity index (χ0v) is 11.9. The van der Waals surface area contributed by atoms with Gasteiger partial charge in [-0.15, -0.1) is 0 Å². The second-order valence-corrected chi connectivity index (χ2v) is 5.34. The lowest BCUT2D eigenvalue weighted by Crippen LogP contribution is -2.20. The summed E-state index contributed by atoms with van der Waals surface area (Å²) in [5, 5.41) is 4.31. The van der Waals surface area contributed by atoms with E-state index in [0.717, 1.165) is 34.2 Å². The number of likely N-dealkylation sites (N-methyl/N-ethyl adjacent to an activating group) is 1. The molecule has 18 heavy (non-hydrogen) atoms. The van der Waals surface area contributed by atoms with Crippen LogP contribution in [0.4, 0.5) is 5.13 Å². The van der Waals surface area contributed by atoms with Crippen molar-refractivity contribution in [3.63, 3.8) is 0 Å². The van der Waals surface area contributed by atoms with E-state index >= 15 is 0 Å². The summed E-state index contributed by atoms with van der Waals surface area (Å²) < 4.78 is 6.65. The molecule has 1 aromatic carbocycles. The highest BCUT2D eigenvalue weighted by Crippen LogP contribution is 2.29. The number of rotatable bonds is 6. The first-order valence-electron chi connectivity index (χ1n) is 6.11. The molecule has 5 heteroatoms. The van der Waals surface area contributed by atoms with Gasteiger partial charge in [-0.05, 0) is 39.2 Å². The third-order valence-corrected chi connectivity index (χ3v) is 3.48. The fourth-order valence-corrected chi connectivity index (χ4v) is 2.54. The van der Waals surface area contributed by atoms with Gasteiger partial charge in [0.15, 0.2) is 5.13 Å². The van der Waals surface area contributed by atoms with E-state index in [2.05, 4.69) is 29.3 Å². The Labute approximate surface area is 112 Å². The minimum Gasteiger partial charge on any atom is -0.494 e. The number of hydrogen-bond acceptors (Lipinski definition) is 5. The van der Waals surface area contributed by atoms with E-state index in [1.54, 1.807) is 11.3 Å². The molecule has 0 saturated carbocycles. The molecule has 0 radical (unpaired) electrons. The van der Waals surface area contributed by atoms with Crippen molar-refractivity contribution in [2.24, 2.45) is 0 Å². The van der Waals surface area contributed by atoms with Gasteiger partial charge in [0.05, 0.1) is 16.8 Å². The maximum Gasteiger partial charge on any atom is 0.183 e. The molecular formula is C13H19N3OS. The summed E-state index contributed by atoms with van der Waals surface area (Å²) in [6.45, 7) is 4.59. The molecule has 1 N–H and O–H groups in total. The molecule has 0 unspecified atom stereocenters. The average Bonchev–Trinajstić information content (AvgIpc) is 2.71. The number of benzene rings is 1. The number of fused-ring (bicyclic) bond motifs is 1. The molecule has 0 amide bonds. The molecule has 0 saturated heterocycles. The largest absolute Gasteiger partial charge is 0.494 e. The first kappa shape index (κ1) is 13.1. The van der Waals surface area contributed by atoms with E-state index < -0.39 is 0 Å². The zero-order valence-electron chi connectivity index (χ0n) is 11.1. The van der Waals surface area contributed by atoms with E-state index in [9.17, 15) is 0 Å². The highest BCUT2D eigenvalue weighted by Gasteiger charge is 2.04. The number of aromatic nitrogens is 1. The topological polar surface area (TPSA) is 37.4 Å². The summed E-state index contributed by atoms with van der Waals surface area (Å²) in [5.74, 6) is 0.911. The highest BCUT2D eigenvalue weighted by molar-refractivity contribution is 7.22. The number of ether oxygens (including phenoxy) is 1. The van der Waals surface area contributed by atoms with Crippen LogP contribution in [-0.2, 0) is 0 Å². The maximum atomic E-state index is 5.49. The van der Waals surface area contributed by atoms with Crippen molar-refractivity contribution in [1.82, 2.24) is 9.88 Å². The van der Waals surface area contributed by atoms with Gasteiger partial charge < -0.3 is 15.0 Å². The predicted octanol–water partition coefficient (Wildman–Crippen LogP) is 2.67. The Hall–Kier alpha value is -1.33. The van der Waals surface area contributed by atoms with Crippen LogP contribution in [0.2, 0.25) is 0 Å². The van der Waals surface area contributed by atoms with Gasteiger partial charge in [-0.3, -0.25) is 0 Å². The van der Waals surface area contributed by atoms with Gasteiger partial charge in [-0.1, -0.05) is 11.3 Å². The van der Waals surface area contributed by atoms with Crippen molar-refractivity contribution >= 4 is 26.7 Å². The van der Waals surface area contributed by atoms with Crippen molar-refractivity contribution in [3.8, 4) is 5.75 Å². The predicted molar refractivity (Wildman–Crippen MR) is 77.8 cm³/mol. The van der Waals surface area contributed by atoms with Gasteiger partial charge in [0.1, 0.15) is 5.75 Å². The smallest absolute Gasteiger partial charge is 0.183 e. The van der Waals surface area contributed by atoms with Crippen LogP contribution in [0.15, 0.2) is 18.2 Å². The van der Waals surface area contributed by atoms with Crippen LogP contribution in [0.3, 0.4) is 0 Å². The molecule has 0 aliphatic rings. The van der Waals surface area contributed by atoms with Crippen molar-refractivity contribution in [1.29, 1.82) is 0 Å². The first-order chi connectivity index (χ1) is 8.69. The van der Waals surface area contributed by atoms with Crippen LogP contribution in [-0.4, -0.2) is 43.7 Å². The summed E-state index contributed by atoms with van der Waals surface area (Å²) in [7, 11) is 4.13. The van der Waals surface area contributed by atoms with Crippen LogP contribution in [0.25, 0.3) is 10.2 Å². The second-order valence-electron chi connectivity index (χ2n) is 4.31. The van der Waals surface area contributed by atoms with Crippen molar-refractivity contribution in [3.05, 3.63) is 18.2 Å². The molecule has 0 fully saturated rings. The summed E-state index contributed by atoms with van der Waals surface area (Å²) >= 11 is 1.67. The Morgan fingerprint density at radius 1 is 1.39 bits per heavy atom. The molecule has 1 aromatic heterocycles. The molecule has 98 valence electrons. The monoisotopic (exact) mass is 265 g/mol. The van der Waals surface area contributed by atoms with Crippen LogP contribution >= 0.6 is 11.3 Å². The number of nitrogens with one attached hydrogen (secondary N) is 1. The van der Waals surface area contributed by atoms with Crippen molar-refractivity contribution in [2.75, 3.05) is 39.1 Å². The van der Waals surface area contributed by atoms with Gasteiger partial charge in [0.2, 0.25) is 0 Å². The Morgan fingerprint density at radius 2 is 2.22 bits per heavy atom. The lowest BCUT2D eigenvalue weighted by molar-refractivity contribution is 0.341. The van der Waals surface area contributed by atoms with Crippen LogP contribution in [0.1, 0.15) is 6.92 Å². The standard InChI is InChI=1S/C13H19N3OS/c1-4-17-10-5-6-11-12(9-10)18-13(15-11)14-7-8-16(2)3/h5-6,9H,4,7-8H2,1-3H3,(H,14,15). The van der Waals surface area contributed by atoms with E-state index in [0.29, 0.717) is 6.61 Å². The molecule has 0 atom stereocenters. The highest BCUT2D eigenvalue weighted by atomic mass is 32.1. The van der Waals surface area contributed by atoms with Gasteiger partial charge in [-0.25, -0.2) is 4.98 Å². The van der Waals surface area contributed by atoms with Gasteiger partial charge >= 0.3 is 0 Å². The molecule has 0 spiro atoms. The van der Waals surface area contributed by atoms with Crippen LogP contribution in [0, 0.1) is 0 Å². The fourth-order valence-electron chi connectivity index (χ4n) is 1.62. The minimum absolute atomic E-state index is 0.693. The Bertz CT molecular complexity index is 510. The van der Waals surface area contributed by atoms with E-state index in [4.69, 9.17) is 4.74 Å². The first-order valence-corrected chi connectivity index (χ1v) is 6.92. The number of nitrogens with zero attached hydrogens (tertiary/aromatic N) is 2. The fraction of sp³-hybridized carbons (Fsp3) is 0.462. The Kier molecular flexibility index (Phi) is 4.38. The normalized spacial score (nSPS) is 11.1. The number of hydrogen-bond donors (Lipinski definition) is 1. The summed E-state index contributed by atoms with van der Waals surface area (Å²) in [6, 6.07) is 6.02. The van der Waals surface area contributed by atoms with E-state index in [1.807, 2.05) is 25.1 Å². The van der Waals surface area contributed by atoms with E-state index in [1.165, 1.54) is 0 Å². The SMILES string of the molecule is CCOc1ccc2nc(NCCN(C)C)sc2c1. The third kappa shape index (κ3) is 3.34. The van der Waals surface area contributed by atoms with Gasteiger partial charge in [0, 0.05) is 13.1 Å². The average molecular weight is 265 g/mol. The summed E-state index contributed by atoms with van der Waals surface area (Å²) in [6.07, 6.45) is 0. The molecular weight excluding hydrogens is 246 g/mol. The van der Waals surface area contributed by atoms with Crippen molar-refractivity contribution < 1.29 is 4.74 Å². The quantitative estimate of drug-likeness (QED) is 0.871. The maximum absolute atomic E-state index is 5.49. The van der Waals surface area contributed by atoms with Crippen molar-refractivity contribution in [2.45, 2.75) is 6.92 Å².